The van der Waals surface area contributed by atoms with Crippen LogP contribution in [0.5, 0.6) is 23.0 Å². The third-order valence-electron chi connectivity index (χ3n) is 9.17. The molecule has 3 heterocycles. The van der Waals surface area contributed by atoms with E-state index in [1.54, 1.807) is 78.9 Å². The van der Waals surface area contributed by atoms with Crippen LogP contribution < -0.4 is 20.6 Å². The van der Waals surface area contributed by atoms with Crippen molar-refractivity contribution < 1.29 is 32.9 Å². The first-order valence-corrected chi connectivity index (χ1v) is 18.0. The average Bonchev–Trinajstić information content (AvgIpc) is 3.26. The maximum Gasteiger partial charge on any atom is 0.416 e. The van der Waals surface area contributed by atoms with Gasteiger partial charge in [0.05, 0.1) is 42.1 Å². The lowest BCUT2D eigenvalue weighted by atomic mass is 10.1. The van der Waals surface area contributed by atoms with Gasteiger partial charge in [0.25, 0.3) is 11.1 Å². The highest BCUT2D eigenvalue weighted by molar-refractivity contribution is 5.81. The van der Waals surface area contributed by atoms with Crippen molar-refractivity contribution in [1.29, 1.82) is 0 Å². The van der Waals surface area contributed by atoms with Crippen LogP contribution in [0.1, 0.15) is 28.3 Å². The summed E-state index contributed by atoms with van der Waals surface area (Å²) >= 11 is 0. The first-order chi connectivity index (χ1) is 29.0. The molecule has 15 heteroatoms. The van der Waals surface area contributed by atoms with Gasteiger partial charge in [-0.3, -0.25) is 18.7 Å². The van der Waals surface area contributed by atoms with E-state index in [9.17, 15) is 33.0 Å². The first-order valence-electron chi connectivity index (χ1n) is 18.0. The second-order valence-corrected chi connectivity index (χ2v) is 12.8. The van der Waals surface area contributed by atoms with Gasteiger partial charge in [0.15, 0.2) is 28.6 Å². The van der Waals surface area contributed by atoms with E-state index < -0.39 is 17.3 Å². The molecule has 8 rings (SSSR count). The van der Waals surface area contributed by atoms with Crippen LogP contribution in [0.4, 0.5) is 13.2 Å². The van der Waals surface area contributed by atoms with Gasteiger partial charge >= 0.3 is 6.18 Å². The summed E-state index contributed by atoms with van der Waals surface area (Å²) < 4.78 is 51.9. The number of halogens is 3. The smallest absolute Gasteiger partial charge is 0.416 e. The Balaban J connectivity index is 0.000000183. The summed E-state index contributed by atoms with van der Waals surface area (Å²) in [5.41, 5.74) is 1.09. The number of phenolic OH excluding ortho intramolecular Hbond substituents is 2. The maximum absolute atomic E-state index is 13.2. The van der Waals surface area contributed by atoms with E-state index >= 15 is 0 Å². The van der Waals surface area contributed by atoms with E-state index in [4.69, 9.17) is 9.47 Å². The van der Waals surface area contributed by atoms with Gasteiger partial charge in [-0.2, -0.15) is 13.2 Å². The van der Waals surface area contributed by atoms with Crippen LogP contribution in [0.3, 0.4) is 0 Å². The quantitative estimate of drug-likeness (QED) is 0.153. The third-order valence-corrected chi connectivity index (χ3v) is 9.17. The number of fused-ring (bicyclic) bond motifs is 2. The molecule has 0 radical (unpaired) electrons. The summed E-state index contributed by atoms with van der Waals surface area (Å²) in [6.07, 6.45) is 4.71. The molecule has 8 aromatic rings. The Bertz CT molecular complexity index is 3020. The van der Waals surface area contributed by atoms with Crippen LogP contribution in [0.2, 0.25) is 0 Å². The summed E-state index contributed by atoms with van der Waals surface area (Å²) in [7, 11) is 2.91. The highest BCUT2D eigenvalue weighted by Gasteiger charge is 2.30. The fraction of sp³-hybridized carbons (Fsp3) is 0.0667. The molecule has 2 N–H and O–H groups in total. The number of rotatable bonds is 8. The number of aromatic hydroxyl groups is 2. The number of phenols is 2. The zero-order valence-corrected chi connectivity index (χ0v) is 31.8. The zero-order valence-electron chi connectivity index (χ0n) is 31.8. The van der Waals surface area contributed by atoms with E-state index in [-0.39, 0.29) is 34.3 Å². The largest absolute Gasteiger partial charge is 0.504 e. The van der Waals surface area contributed by atoms with Crippen molar-refractivity contribution >= 4 is 46.2 Å². The van der Waals surface area contributed by atoms with Gasteiger partial charge in [-0.05, 0) is 85.0 Å². The van der Waals surface area contributed by atoms with Crippen molar-refractivity contribution in [3.05, 3.63) is 177 Å². The molecule has 0 unspecified atom stereocenters. The maximum atomic E-state index is 13.2. The first kappa shape index (κ1) is 40.1. The molecular weight excluding hydrogens is 778 g/mol. The number of aromatic nitrogens is 6. The molecule has 0 aliphatic rings. The summed E-state index contributed by atoms with van der Waals surface area (Å²) in [5.74, 6) is 1.13. The fourth-order valence-corrected chi connectivity index (χ4v) is 6.20. The van der Waals surface area contributed by atoms with E-state index in [0.29, 0.717) is 50.3 Å². The van der Waals surface area contributed by atoms with Crippen molar-refractivity contribution in [3.8, 4) is 34.4 Å². The summed E-state index contributed by atoms with van der Waals surface area (Å²) in [5, 5.41) is 21.3. The van der Waals surface area contributed by atoms with Crippen molar-refractivity contribution in [2.45, 2.75) is 6.18 Å². The Hall–Kier alpha value is -8.07. The molecule has 0 bridgehead atoms. The van der Waals surface area contributed by atoms with Crippen LogP contribution >= 0.6 is 0 Å². The lowest BCUT2D eigenvalue weighted by molar-refractivity contribution is -0.137. The molecule has 0 saturated heterocycles. The molecule has 60 heavy (non-hydrogen) atoms. The van der Waals surface area contributed by atoms with Crippen LogP contribution in [0.25, 0.3) is 57.6 Å². The molecule has 300 valence electrons. The van der Waals surface area contributed by atoms with Crippen molar-refractivity contribution in [1.82, 2.24) is 29.1 Å². The lowest BCUT2D eigenvalue weighted by Crippen LogP contribution is -2.22. The second-order valence-electron chi connectivity index (χ2n) is 12.8. The molecule has 12 nitrogen and oxygen atoms in total. The molecular formula is C45H33F3N6O6. The van der Waals surface area contributed by atoms with Gasteiger partial charge in [-0.1, -0.05) is 54.6 Å². The van der Waals surface area contributed by atoms with Gasteiger partial charge in [0.1, 0.15) is 23.4 Å². The zero-order chi connectivity index (χ0) is 42.4. The molecule has 5 aromatic carbocycles. The predicted octanol–water partition coefficient (Wildman–Crippen LogP) is 8.35. The Morgan fingerprint density at radius 2 is 1.13 bits per heavy atom. The topological polar surface area (TPSA) is 154 Å². The number of nitrogens with zero attached hydrogens (tertiary/aromatic N) is 6. The van der Waals surface area contributed by atoms with E-state index in [1.807, 2.05) is 30.3 Å². The van der Waals surface area contributed by atoms with Crippen molar-refractivity contribution in [3.63, 3.8) is 0 Å². The number of methoxy groups -OCH3 is 2. The minimum atomic E-state index is -4.49. The Morgan fingerprint density at radius 3 is 1.72 bits per heavy atom. The minimum Gasteiger partial charge on any atom is -0.504 e. The van der Waals surface area contributed by atoms with Crippen LogP contribution in [0, 0.1) is 0 Å². The number of para-hydroxylation sites is 4. The fourth-order valence-electron chi connectivity index (χ4n) is 6.20. The molecule has 0 spiro atoms. The Morgan fingerprint density at radius 1 is 0.600 bits per heavy atom. The van der Waals surface area contributed by atoms with Crippen LogP contribution in [0.15, 0.2) is 137 Å². The van der Waals surface area contributed by atoms with Gasteiger partial charge in [-0.15, -0.1) is 0 Å². The standard InChI is InChI=1S/C24H17F3N2O3.C21H16N4O3/c1-32-20-8-4-5-15(22(20)30)9-14-21-28-19-7-3-2-6-18(19)23(31)29(21)17-12-10-16(11-13-17)24(25,26)27;1-28-17-9-5-6-14(19(17)26)10-11-18-24-20-16(12-22-13-23-20)21(27)25(18)15-7-3-2-4-8-15/h2-14,30H,1H3;2-13,26H,1H3/b14-9+;11-10+. The van der Waals surface area contributed by atoms with Gasteiger partial charge in [0.2, 0.25) is 0 Å². The summed E-state index contributed by atoms with van der Waals surface area (Å²) in [6.45, 7) is 0. The SMILES string of the molecule is COc1cccc(/C=C/c2nc3ccccc3c(=O)n2-c2ccc(C(F)(F)F)cc2)c1O.COc1cccc(/C=C/c2nc3ncncc3c(=O)n2-c2ccccc2)c1O. The number of hydrogen-bond acceptors (Lipinski definition) is 10. The van der Waals surface area contributed by atoms with Gasteiger partial charge in [0, 0.05) is 17.3 Å². The molecule has 3 aromatic heterocycles. The summed E-state index contributed by atoms with van der Waals surface area (Å²) in [4.78, 5) is 43.3. The van der Waals surface area contributed by atoms with E-state index in [0.717, 1.165) is 12.1 Å². The molecule has 0 amide bonds. The number of alkyl halides is 3. The Labute approximate surface area is 339 Å². The minimum absolute atomic E-state index is 0.0120. The van der Waals surface area contributed by atoms with Crippen LogP contribution in [-0.2, 0) is 6.18 Å². The Kier molecular flexibility index (Phi) is 11.5. The van der Waals surface area contributed by atoms with Crippen LogP contribution in [-0.4, -0.2) is 53.5 Å². The molecule has 0 saturated carbocycles. The van der Waals surface area contributed by atoms with Crippen molar-refractivity contribution in [2.24, 2.45) is 0 Å². The molecule has 0 aliphatic carbocycles. The predicted molar refractivity (Wildman–Crippen MR) is 222 cm³/mol. The summed E-state index contributed by atoms with van der Waals surface area (Å²) in [6, 6.07) is 30.3. The highest BCUT2D eigenvalue weighted by Crippen LogP contribution is 2.33. The number of hydrogen-bond donors (Lipinski definition) is 2. The third kappa shape index (κ3) is 8.31. The lowest BCUT2D eigenvalue weighted by Gasteiger charge is -2.13. The van der Waals surface area contributed by atoms with E-state index in [1.165, 1.54) is 54.1 Å². The normalized spacial score (nSPS) is 11.6. The molecule has 0 fully saturated rings. The van der Waals surface area contributed by atoms with Gasteiger partial charge < -0.3 is 19.7 Å². The average molecular weight is 811 g/mol. The second kappa shape index (κ2) is 17.2. The molecule has 0 atom stereocenters. The number of benzene rings is 5. The monoisotopic (exact) mass is 810 g/mol. The van der Waals surface area contributed by atoms with E-state index in [2.05, 4.69) is 19.9 Å². The van der Waals surface area contributed by atoms with Gasteiger partial charge in [-0.25, -0.2) is 19.9 Å². The molecule has 0 aliphatic heterocycles. The number of ether oxygens (including phenoxy) is 2. The highest BCUT2D eigenvalue weighted by atomic mass is 19.4. The van der Waals surface area contributed by atoms with Crippen molar-refractivity contribution in [2.75, 3.05) is 14.2 Å².